The fourth-order valence-corrected chi connectivity index (χ4v) is 4.17. The molecule has 156 valence electrons. The van der Waals surface area contributed by atoms with E-state index in [1.807, 2.05) is 27.7 Å². The SMILES string of the molecule is CC(C)NC(=O)N(CCN1C(=O)CSC1c1ccc(C(F)(F)F)cc1)C(C)C. The fraction of sp³-hybridized carbons (Fsp3) is 0.579. The first-order valence-corrected chi connectivity index (χ1v) is 10.2. The molecule has 1 unspecified atom stereocenters. The first-order valence-electron chi connectivity index (χ1n) is 9.16. The van der Waals surface area contributed by atoms with Crippen LogP contribution in [0.2, 0.25) is 0 Å². The molecule has 1 aliphatic rings. The normalized spacial score (nSPS) is 17.5. The topological polar surface area (TPSA) is 52.7 Å². The standard InChI is InChI=1S/C19H26F3N3O2S/c1-12(2)23-18(27)24(13(3)4)9-10-25-16(26)11-28-17(25)14-5-7-15(8-6-14)19(20,21)22/h5-8,12-13,17H,9-11H2,1-4H3,(H,23,27). The number of carbonyl (C=O) groups is 2. The second-order valence-corrected chi connectivity index (χ2v) is 8.33. The van der Waals surface area contributed by atoms with Crippen LogP contribution in [0.25, 0.3) is 0 Å². The molecular formula is C19H26F3N3O2S. The van der Waals surface area contributed by atoms with E-state index >= 15 is 0 Å². The average molecular weight is 417 g/mol. The third-order valence-electron chi connectivity index (χ3n) is 4.37. The number of hydrogen-bond acceptors (Lipinski definition) is 3. The molecule has 28 heavy (non-hydrogen) atoms. The summed E-state index contributed by atoms with van der Waals surface area (Å²) >= 11 is 1.38. The minimum atomic E-state index is -4.39. The van der Waals surface area contributed by atoms with Gasteiger partial charge in [0.2, 0.25) is 5.91 Å². The number of alkyl halides is 3. The summed E-state index contributed by atoms with van der Waals surface area (Å²) in [5, 5.41) is 2.50. The quantitative estimate of drug-likeness (QED) is 0.758. The van der Waals surface area contributed by atoms with Crippen molar-refractivity contribution >= 4 is 23.7 Å². The zero-order chi connectivity index (χ0) is 21.1. The molecule has 0 saturated carbocycles. The van der Waals surface area contributed by atoms with Crippen LogP contribution in [0, 0.1) is 0 Å². The van der Waals surface area contributed by atoms with Gasteiger partial charge >= 0.3 is 12.2 Å². The monoisotopic (exact) mass is 417 g/mol. The van der Waals surface area contributed by atoms with Crippen LogP contribution in [0.4, 0.5) is 18.0 Å². The van der Waals surface area contributed by atoms with Crippen LogP contribution >= 0.6 is 11.8 Å². The van der Waals surface area contributed by atoms with Gasteiger partial charge in [-0.05, 0) is 45.4 Å². The van der Waals surface area contributed by atoms with Crippen molar-refractivity contribution in [2.45, 2.75) is 51.3 Å². The van der Waals surface area contributed by atoms with Crippen molar-refractivity contribution in [2.24, 2.45) is 0 Å². The number of amides is 3. The third kappa shape index (κ3) is 5.56. The predicted octanol–water partition coefficient (Wildman–Crippen LogP) is 4.11. The van der Waals surface area contributed by atoms with Crippen LogP contribution in [0.5, 0.6) is 0 Å². The highest BCUT2D eigenvalue weighted by Crippen LogP contribution is 2.39. The third-order valence-corrected chi connectivity index (χ3v) is 5.63. The first-order chi connectivity index (χ1) is 13.0. The van der Waals surface area contributed by atoms with Gasteiger partial charge < -0.3 is 15.1 Å². The highest BCUT2D eigenvalue weighted by Gasteiger charge is 2.35. The summed E-state index contributed by atoms with van der Waals surface area (Å²) in [5.74, 6) is 0.189. The number of hydrogen-bond donors (Lipinski definition) is 1. The Kier molecular flexibility index (Phi) is 7.25. The molecule has 0 aromatic heterocycles. The Morgan fingerprint density at radius 1 is 1.25 bits per heavy atom. The summed E-state index contributed by atoms with van der Waals surface area (Å²) in [5.41, 5.74) is -0.0694. The molecule has 0 radical (unpaired) electrons. The maximum atomic E-state index is 12.8. The molecule has 1 fully saturated rings. The lowest BCUT2D eigenvalue weighted by molar-refractivity contribution is -0.137. The molecule has 0 aliphatic carbocycles. The highest BCUT2D eigenvalue weighted by molar-refractivity contribution is 8.00. The van der Waals surface area contributed by atoms with Gasteiger partial charge in [0.1, 0.15) is 5.37 Å². The van der Waals surface area contributed by atoms with E-state index in [1.54, 1.807) is 9.80 Å². The van der Waals surface area contributed by atoms with Gasteiger partial charge in [0, 0.05) is 25.2 Å². The van der Waals surface area contributed by atoms with Crippen LogP contribution in [-0.2, 0) is 11.0 Å². The first kappa shape index (κ1) is 22.4. The van der Waals surface area contributed by atoms with Crippen molar-refractivity contribution < 1.29 is 22.8 Å². The molecule has 1 atom stereocenters. The molecular weight excluding hydrogens is 391 g/mol. The summed E-state index contributed by atoms with van der Waals surface area (Å²) in [6, 6.07) is 4.65. The molecule has 1 aromatic carbocycles. The van der Waals surface area contributed by atoms with E-state index in [0.29, 0.717) is 18.7 Å². The van der Waals surface area contributed by atoms with Crippen LogP contribution in [0.3, 0.4) is 0 Å². The van der Waals surface area contributed by atoms with Crippen LogP contribution < -0.4 is 5.32 Å². The maximum absolute atomic E-state index is 12.8. The molecule has 2 rings (SSSR count). The Hall–Kier alpha value is -1.90. The number of thioether (sulfide) groups is 1. The lowest BCUT2D eigenvalue weighted by atomic mass is 10.1. The number of nitrogens with one attached hydrogen (secondary N) is 1. The lowest BCUT2D eigenvalue weighted by Crippen LogP contribution is -2.49. The number of carbonyl (C=O) groups excluding carboxylic acids is 2. The van der Waals surface area contributed by atoms with E-state index in [4.69, 9.17) is 0 Å². The molecule has 1 N–H and O–H groups in total. The Balaban J connectivity index is 2.10. The van der Waals surface area contributed by atoms with E-state index in [0.717, 1.165) is 12.1 Å². The van der Waals surface area contributed by atoms with Gasteiger partial charge in [0.15, 0.2) is 0 Å². The van der Waals surface area contributed by atoms with E-state index in [-0.39, 0.29) is 35.1 Å². The number of benzene rings is 1. The highest BCUT2D eigenvalue weighted by atomic mass is 32.2. The Labute approximate surface area is 167 Å². The van der Waals surface area contributed by atoms with Gasteiger partial charge in [0.25, 0.3) is 0 Å². The van der Waals surface area contributed by atoms with Crippen molar-refractivity contribution in [3.8, 4) is 0 Å². The summed E-state index contributed by atoms with van der Waals surface area (Å²) < 4.78 is 38.3. The number of urea groups is 1. The smallest absolute Gasteiger partial charge is 0.336 e. The molecule has 0 bridgehead atoms. The second kappa shape index (κ2) is 9.07. The molecule has 3 amide bonds. The summed E-state index contributed by atoms with van der Waals surface area (Å²) in [7, 11) is 0. The van der Waals surface area contributed by atoms with Crippen LogP contribution in [0.1, 0.15) is 44.2 Å². The van der Waals surface area contributed by atoms with Crippen LogP contribution in [-0.4, -0.2) is 52.7 Å². The molecule has 1 saturated heterocycles. The second-order valence-electron chi connectivity index (χ2n) is 7.26. The van der Waals surface area contributed by atoms with Crippen molar-refractivity contribution in [3.05, 3.63) is 35.4 Å². The van der Waals surface area contributed by atoms with Gasteiger partial charge in [-0.2, -0.15) is 13.2 Å². The summed E-state index contributed by atoms with van der Waals surface area (Å²) in [6.45, 7) is 8.21. The average Bonchev–Trinajstić information content (AvgIpc) is 2.94. The van der Waals surface area contributed by atoms with Crippen molar-refractivity contribution in [3.63, 3.8) is 0 Å². The Morgan fingerprint density at radius 2 is 1.86 bits per heavy atom. The van der Waals surface area contributed by atoms with Crippen molar-refractivity contribution in [1.82, 2.24) is 15.1 Å². The predicted molar refractivity (Wildman–Crippen MR) is 104 cm³/mol. The molecule has 5 nitrogen and oxygen atoms in total. The number of nitrogens with zero attached hydrogens (tertiary/aromatic N) is 2. The van der Waals surface area contributed by atoms with E-state index in [9.17, 15) is 22.8 Å². The maximum Gasteiger partial charge on any atom is 0.416 e. The lowest BCUT2D eigenvalue weighted by Gasteiger charge is -2.31. The molecule has 1 heterocycles. The van der Waals surface area contributed by atoms with Gasteiger partial charge in [-0.1, -0.05) is 12.1 Å². The molecule has 0 spiro atoms. The zero-order valence-electron chi connectivity index (χ0n) is 16.4. The number of rotatable bonds is 6. The Morgan fingerprint density at radius 3 is 2.36 bits per heavy atom. The van der Waals surface area contributed by atoms with E-state index in [1.165, 1.54) is 23.9 Å². The summed E-state index contributed by atoms with van der Waals surface area (Å²) in [6.07, 6.45) is -4.39. The molecule has 9 heteroatoms. The van der Waals surface area contributed by atoms with Crippen LogP contribution in [0.15, 0.2) is 24.3 Å². The minimum Gasteiger partial charge on any atom is -0.336 e. The van der Waals surface area contributed by atoms with Gasteiger partial charge in [0.05, 0.1) is 11.3 Å². The minimum absolute atomic E-state index is 0.00220. The number of halogens is 3. The van der Waals surface area contributed by atoms with Crippen molar-refractivity contribution in [2.75, 3.05) is 18.8 Å². The zero-order valence-corrected chi connectivity index (χ0v) is 17.2. The molecule has 1 aliphatic heterocycles. The fourth-order valence-electron chi connectivity index (χ4n) is 2.95. The van der Waals surface area contributed by atoms with E-state index in [2.05, 4.69) is 5.32 Å². The van der Waals surface area contributed by atoms with Gasteiger partial charge in [-0.25, -0.2) is 4.79 Å². The summed E-state index contributed by atoms with van der Waals surface area (Å²) in [4.78, 5) is 28.0. The van der Waals surface area contributed by atoms with Crippen molar-refractivity contribution in [1.29, 1.82) is 0 Å². The van der Waals surface area contributed by atoms with Gasteiger partial charge in [-0.3, -0.25) is 4.79 Å². The van der Waals surface area contributed by atoms with E-state index < -0.39 is 11.7 Å². The largest absolute Gasteiger partial charge is 0.416 e. The Bertz CT molecular complexity index is 693. The molecule has 1 aromatic rings. The van der Waals surface area contributed by atoms with Gasteiger partial charge in [-0.15, -0.1) is 11.8 Å².